The second-order valence-electron chi connectivity index (χ2n) is 5.62. The molecule has 144 valence electrons. The molecule has 25 heavy (non-hydrogen) atoms. The van der Waals surface area contributed by atoms with Crippen molar-refractivity contribution in [3.63, 3.8) is 0 Å². The zero-order chi connectivity index (χ0) is 19.8. The molecule has 0 saturated heterocycles. The first-order valence-corrected chi connectivity index (χ1v) is 9.57. The third kappa shape index (κ3) is 8.62. The molecule has 0 saturated carbocycles. The van der Waals surface area contributed by atoms with Crippen molar-refractivity contribution in [1.29, 1.82) is 0 Å². The first-order chi connectivity index (χ1) is 11.4. The van der Waals surface area contributed by atoms with Crippen molar-refractivity contribution in [3.05, 3.63) is 34.8 Å². The van der Waals surface area contributed by atoms with E-state index in [1.807, 2.05) is 0 Å². The van der Waals surface area contributed by atoms with Crippen LogP contribution < -0.4 is 0 Å². The molecule has 0 aromatic heterocycles. The highest BCUT2D eigenvalue weighted by molar-refractivity contribution is 8.09. The molecule has 0 amide bonds. The Hall–Kier alpha value is -1.22. The molecule has 0 rings (SSSR count). The molecular weight excluding hydrogens is 395 g/mol. The van der Waals surface area contributed by atoms with Gasteiger partial charge in [0.05, 0.1) is 32.5 Å². The highest BCUT2D eigenvalue weighted by Crippen LogP contribution is 2.26. The number of rotatable bonds is 10. The molecule has 0 radical (unpaired) electrons. The number of hydrogen-bond acceptors (Lipinski definition) is 7. The lowest BCUT2D eigenvalue weighted by Gasteiger charge is -2.23. The molecule has 0 spiro atoms. The van der Waals surface area contributed by atoms with Gasteiger partial charge in [0.15, 0.2) is 5.76 Å². The highest BCUT2D eigenvalue weighted by atomic mass is 35.7. The SMILES string of the molecule is C=C/C(Cl)=C(OC)\C(C(=O)OCC(C)(C)COS(=O)(=O)Cl)=C(/C)OC. The van der Waals surface area contributed by atoms with Gasteiger partial charge in [-0.3, -0.25) is 4.18 Å². The van der Waals surface area contributed by atoms with Gasteiger partial charge in [0.1, 0.15) is 11.3 Å². The van der Waals surface area contributed by atoms with E-state index in [-0.39, 0.29) is 35.3 Å². The van der Waals surface area contributed by atoms with Crippen molar-refractivity contribution in [3.8, 4) is 0 Å². The quantitative estimate of drug-likeness (QED) is 0.177. The van der Waals surface area contributed by atoms with Crippen LogP contribution in [-0.2, 0) is 32.5 Å². The van der Waals surface area contributed by atoms with Gasteiger partial charge in [-0.15, -0.1) is 0 Å². The minimum Gasteiger partial charge on any atom is -0.500 e. The maximum absolute atomic E-state index is 12.5. The van der Waals surface area contributed by atoms with E-state index in [0.29, 0.717) is 0 Å². The lowest BCUT2D eigenvalue weighted by Crippen LogP contribution is -2.28. The first-order valence-electron chi connectivity index (χ1n) is 6.96. The van der Waals surface area contributed by atoms with Crippen LogP contribution in [0.1, 0.15) is 20.8 Å². The maximum atomic E-state index is 12.5. The second-order valence-corrected chi connectivity index (χ2v) is 8.18. The molecule has 0 atom stereocenters. The van der Waals surface area contributed by atoms with Gasteiger partial charge in [-0.2, -0.15) is 8.42 Å². The number of carbonyl (C=O) groups is 1. The van der Waals surface area contributed by atoms with Crippen molar-refractivity contribution in [2.24, 2.45) is 5.41 Å². The molecule has 0 N–H and O–H groups in total. The summed E-state index contributed by atoms with van der Waals surface area (Å²) < 4.78 is 41.7. The number of allylic oxidation sites excluding steroid dienone is 3. The average Bonchev–Trinajstić information content (AvgIpc) is 2.54. The molecular formula is C15H22Cl2O7S. The van der Waals surface area contributed by atoms with Crippen LogP contribution in [0.15, 0.2) is 34.8 Å². The Balaban J connectivity index is 5.36. The molecule has 10 heteroatoms. The van der Waals surface area contributed by atoms with Crippen LogP contribution in [0.5, 0.6) is 0 Å². The van der Waals surface area contributed by atoms with E-state index in [4.69, 9.17) is 36.5 Å². The maximum Gasteiger partial charge on any atom is 0.355 e. The van der Waals surface area contributed by atoms with Gasteiger partial charge in [0.2, 0.25) is 0 Å². The molecule has 0 unspecified atom stereocenters. The normalized spacial score (nSPS) is 14.2. The zero-order valence-electron chi connectivity index (χ0n) is 14.7. The Morgan fingerprint density at radius 3 is 2.16 bits per heavy atom. The predicted octanol–water partition coefficient (Wildman–Crippen LogP) is 3.26. The fourth-order valence-corrected chi connectivity index (χ4v) is 2.28. The number of halogens is 2. The minimum atomic E-state index is -4.12. The summed E-state index contributed by atoms with van der Waals surface area (Å²) in [4.78, 5) is 12.5. The summed E-state index contributed by atoms with van der Waals surface area (Å²) in [7, 11) is 3.59. The number of ether oxygens (including phenoxy) is 3. The summed E-state index contributed by atoms with van der Waals surface area (Å²) in [6.07, 6.45) is 1.31. The minimum absolute atomic E-state index is 0.0171. The van der Waals surface area contributed by atoms with Gasteiger partial charge >= 0.3 is 15.3 Å². The van der Waals surface area contributed by atoms with Gasteiger partial charge in [-0.25, -0.2) is 4.79 Å². The molecule has 0 heterocycles. The van der Waals surface area contributed by atoms with E-state index in [2.05, 4.69) is 10.8 Å². The molecule has 0 aliphatic carbocycles. The van der Waals surface area contributed by atoms with E-state index in [0.717, 1.165) is 0 Å². The third-order valence-corrected chi connectivity index (χ3v) is 3.87. The lowest BCUT2D eigenvalue weighted by molar-refractivity contribution is -0.142. The smallest absolute Gasteiger partial charge is 0.355 e. The largest absolute Gasteiger partial charge is 0.500 e. The molecule has 7 nitrogen and oxygen atoms in total. The Morgan fingerprint density at radius 1 is 1.20 bits per heavy atom. The number of esters is 1. The van der Waals surface area contributed by atoms with Crippen molar-refractivity contribution in [2.45, 2.75) is 20.8 Å². The average molecular weight is 417 g/mol. The summed E-state index contributed by atoms with van der Waals surface area (Å²) in [5.74, 6) is -0.504. The number of carbonyl (C=O) groups excluding carboxylic acids is 1. The van der Waals surface area contributed by atoms with Crippen LogP contribution in [0.4, 0.5) is 0 Å². The molecule has 0 aromatic carbocycles. The Bertz CT molecular complexity index is 663. The summed E-state index contributed by atoms with van der Waals surface area (Å²) >= 11 is 6.00. The summed E-state index contributed by atoms with van der Waals surface area (Å²) in [5, 5.41) is 0.0988. The molecule has 0 bridgehead atoms. The van der Waals surface area contributed by atoms with Crippen molar-refractivity contribution in [1.82, 2.24) is 0 Å². The summed E-state index contributed by atoms with van der Waals surface area (Å²) in [6.45, 7) is 7.91. The van der Waals surface area contributed by atoms with Crippen LogP contribution in [0, 0.1) is 5.41 Å². The van der Waals surface area contributed by atoms with Gasteiger partial charge in [0, 0.05) is 16.1 Å². The number of methoxy groups -OCH3 is 2. The molecule has 0 aliphatic rings. The zero-order valence-corrected chi connectivity index (χ0v) is 17.0. The van der Waals surface area contributed by atoms with E-state index >= 15 is 0 Å². The first kappa shape index (κ1) is 23.8. The van der Waals surface area contributed by atoms with Crippen molar-refractivity contribution >= 4 is 37.6 Å². The van der Waals surface area contributed by atoms with E-state index in [1.165, 1.54) is 27.2 Å². The van der Waals surface area contributed by atoms with Crippen molar-refractivity contribution < 1.29 is 31.6 Å². The monoisotopic (exact) mass is 416 g/mol. The van der Waals surface area contributed by atoms with Gasteiger partial charge in [-0.05, 0) is 13.0 Å². The van der Waals surface area contributed by atoms with E-state index < -0.39 is 20.7 Å². The van der Waals surface area contributed by atoms with E-state index in [1.54, 1.807) is 13.8 Å². The van der Waals surface area contributed by atoms with Crippen LogP contribution in [0.3, 0.4) is 0 Å². The predicted molar refractivity (Wildman–Crippen MR) is 95.3 cm³/mol. The van der Waals surface area contributed by atoms with Gasteiger partial charge < -0.3 is 14.2 Å². The Labute approximate surface area is 157 Å². The van der Waals surface area contributed by atoms with Gasteiger partial charge in [0.25, 0.3) is 0 Å². The lowest BCUT2D eigenvalue weighted by atomic mass is 9.96. The Morgan fingerprint density at radius 2 is 1.76 bits per heavy atom. The third-order valence-electron chi connectivity index (χ3n) is 2.87. The molecule has 0 aliphatic heterocycles. The second kappa shape index (κ2) is 10.1. The van der Waals surface area contributed by atoms with E-state index in [9.17, 15) is 13.2 Å². The molecule has 0 fully saturated rings. The van der Waals surface area contributed by atoms with Crippen LogP contribution in [0.2, 0.25) is 0 Å². The fourth-order valence-electron chi connectivity index (χ4n) is 1.51. The Kier molecular flexibility index (Phi) is 9.57. The highest BCUT2D eigenvalue weighted by Gasteiger charge is 2.28. The van der Waals surface area contributed by atoms with Crippen LogP contribution >= 0.6 is 22.3 Å². The number of hydrogen-bond donors (Lipinski definition) is 0. The summed E-state index contributed by atoms with van der Waals surface area (Å²) in [5.41, 5.74) is -0.834. The standard InChI is InChI=1S/C15H22Cl2O7S/c1-7-11(16)13(22-6)12(10(2)21-5)14(18)23-8-15(3,4)9-24-25(17,19)20/h7H,1,8-9H2,2-6H3/b12-10-,13-11-. The summed E-state index contributed by atoms with van der Waals surface area (Å²) in [6, 6.07) is 0. The molecule has 0 aromatic rings. The fraction of sp³-hybridized carbons (Fsp3) is 0.533. The van der Waals surface area contributed by atoms with Gasteiger partial charge in [-0.1, -0.05) is 32.0 Å². The van der Waals surface area contributed by atoms with Crippen LogP contribution in [0.25, 0.3) is 0 Å². The topological polar surface area (TPSA) is 88.1 Å². The van der Waals surface area contributed by atoms with Crippen LogP contribution in [-0.4, -0.2) is 41.8 Å². The van der Waals surface area contributed by atoms with Crippen molar-refractivity contribution in [2.75, 3.05) is 27.4 Å².